The highest BCUT2D eigenvalue weighted by Gasteiger charge is 2.59. The fourth-order valence-electron chi connectivity index (χ4n) is 6.06. The zero-order chi connectivity index (χ0) is 25.8. The molecule has 2 saturated carbocycles. The van der Waals surface area contributed by atoms with Crippen molar-refractivity contribution in [2.45, 2.75) is 32.4 Å². The number of carbonyl (C=O) groups is 2. The van der Waals surface area contributed by atoms with Gasteiger partial charge in [0, 0.05) is 41.5 Å². The molecule has 8 nitrogen and oxygen atoms in total. The zero-order valence-electron chi connectivity index (χ0n) is 20.0. The standard InChI is InChI=1S/C27H25F2N5O3/c1-14(27(37)32-17-4-2-15(3-5-17)16-10-31-33(11-16)12-25(35)36)26-19-6-18(7-20(19)26)34-13-30-23-8-21(28)22(29)9-24(23)34/h2-5,8-11,13-14,18-20,26H,6-7,12H2,1H3,(H,32,37)(H,35,36)/t14-,18?,19-,20+,26?/m0/s1. The molecule has 1 amide bonds. The number of aromatic nitrogens is 4. The molecular weight excluding hydrogens is 480 g/mol. The number of hydrogen-bond donors (Lipinski definition) is 2. The van der Waals surface area contributed by atoms with Gasteiger partial charge in [-0.05, 0) is 48.3 Å². The maximum Gasteiger partial charge on any atom is 0.325 e. The molecule has 190 valence electrons. The summed E-state index contributed by atoms with van der Waals surface area (Å²) in [5.41, 5.74) is 3.42. The van der Waals surface area contributed by atoms with Crippen molar-refractivity contribution in [3.63, 3.8) is 0 Å². The van der Waals surface area contributed by atoms with Crippen LogP contribution in [-0.4, -0.2) is 36.3 Å². The Bertz CT molecular complexity index is 1500. The molecule has 6 rings (SSSR count). The van der Waals surface area contributed by atoms with Crippen molar-refractivity contribution in [3.05, 3.63) is 66.8 Å². The van der Waals surface area contributed by atoms with Crippen molar-refractivity contribution >= 4 is 28.6 Å². The van der Waals surface area contributed by atoms with Crippen LogP contribution in [0.1, 0.15) is 25.8 Å². The first-order chi connectivity index (χ1) is 17.8. The van der Waals surface area contributed by atoms with Crippen LogP contribution < -0.4 is 5.32 Å². The Morgan fingerprint density at radius 2 is 1.81 bits per heavy atom. The van der Waals surface area contributed by atoms with Crippen LogP contribution >= 0.6 is 0 Å². The summed E-state index contributed by atoms with van der Waals surface area (Å²) in [6.07, 6.45) is 6.72. The van der Waals surface area contributed by atoms with E-state index in [1.807, 2.05) is 35.8 Å². The molecule has 2 aliphatic carbocycles. The van der Waals surface area contributed by atoms with Crippen LogP contribution in [0.3, 0.4) is 0 Å². The number of nitrogens with one attached hydrogen (secondary N) is 1. The lowest BCUT2D eigenvalue weighted by Crippen LogP contribution is -2.24. The summed E-state index contributed by atoms with van der Waals surface area (Å²) in [7, 11) is 0. The summed E-state index contributed by atoms with van der Waals surface area (Å²) in [5, 5.41) is 16.0. The molecule has 2 fully saturated rings. The Morgan fingerprint density at radius 3 is 2.51 bits per heavy atom. The molecular formula is C27H25F2N5O3. The lowest BCUT2D eigenvalue weighted by atomic mass is 9.96. The van der Waals surface area contributed by atoms with Crippen molar-refractivity contribution in [2.24, 2.45) is 23.7 Å². The Morgan fingerprint density at radius 1 is 1.11 bits per heavy atom. The Balaban J connectivity index is 1.06. The van der Waals surface area contributed by atoms with Crippen LogP contribution in [-0.2, 0) is 16.1 Å². The fraction of sp³-hybridized carbons (Fsp3) is 0.333. The van der Waals surface area contributed by atoms with Gasteiger partial charge in [0.2, 0.25) is 5.91 Å². The topological polar surface area (TPSA) is 102 Å². The number of anilines is 1. The van der Waals surface area contributed by atoms with Gasteiger partial charge in [-0.2, -0.15) is 5.10 Å². The van der Waals surface area contributed by atoms with Gasteiger partial charge in [-0.1, -0.05) is 19.1 Å². The monoisotopic (exact) mass is 505 g/mol. The van der Waals surface area contributed by atoms with E-state index in [9.17, 15) is 18.4 Å². The number of benzene rings is 2. The van der Waals surface area contributed by atoms with Crippen molar-refractivity contribution in [3.8, 4) is 11.1 Å². The number of halogens is 2. The van der Waals surface area contributed by atoms with Crippen LogP contribution in [0.15, 0.2) is 55.1 Å². The number of amides is 1. The van der Waals surface area contributed by atoms with Crippen molar-refractivity contribution < 1.29 is 23.5 Å². The molecule has 2 N–H and O–H groups in total. The van der Waals surface area contributed by atoms with E-state index in [4.69, 9.17) is 5.11 Å². The summed E-state index contributed by atoms with van der Waals surface area (Å²) >= 11 is 0. The number of carbonyl (C=O) groups excluding carboxylic acids is 1. The summed E-state index contributed by atoms with van der Waals surface area (Å²) in [6, 6.07) is 9.89. The summed E-state index contributed by atoms with van der Waals surface area (Å²) in [4.78, 5) is 28.0. The second-order valence-electron chi connectivity index (χ2n) is 10.1. The average molecular weight is 506 g/mol. The van der Waals surface area contributed by atoms with Crippen LogP contribution in [0.25, 0.3) is 22.2 Å². The highest BCUT2D eigenvalue weighted by molar-refractivity contribution is 5.93. The van der Waals surface area contributed by atoms with Crippen LogP contribution in [0.5, 0.6) is 0 Å². The second-order valence-corrected chi connectivity index (χ2v) is 10.1. The maximum absolute atomic E-state index is 13.8. The van der Waals surface area contributed by atoms with Crippen molar-refractivity contribution in [1.29, 1.82) is 0 Å². The number of carboxylic acids is 1. The number of nitrogens with zero attached hydrogens (tertiary/aromatic N) is 4. The minimum atomic E-state index is -0.959. The highest BCUT2D eigenvalue weighted by Crippen LogP contribution is 2.64. The Hall–Kier alpha value is -4.08. The summed E-state index contributed by atoms with van der Waals surface area (Å²) < 4.78 is 30.6. The fourth-order valence-corrected chi connectivity index (χ4v) is 6.06. The van der Waals surface area contributed by atoms with Gasteiger partial charge in [0.15, 0.2) is 11.6 Å². The van der Waals surface area contributed by atoms with E-state index < -0.39 is 17.6 Å². The third kappa shape index (κ3) is 4.26. The first-order valence-corrected chi connectivity index (χ1v) is 12.3. The molecule has 2 unspecified atom stereocenters. The lowest BCUT2D eigenvalue weighted by molar-refractivity contribution is -0.137. The first kappa shape index (κ1) is 23.3. The Labute approximate surface area is 210 Å². The second kappa shape index (κ2) is 8.79. The molecule has 37 heavy (non-hydrogen) atoms. The summed E-state index contributed by atoms with van der Waals surface area (Å²) in [5.74, 6) is -1.73. The van der Waals surface area contributed by atoms with Crippen molar-refractivity contribution in [2.75, 3.05) is 5.32 Å². The van der Waals surface area contributed by atoms with E-state index in [-0.39, 0.29) is 24.4 Å². The molecule has 2 aromatic heterocycles. The predicted molar refractivity (Wildman–Crippen MR) is 131 cm³/mol. The van der Waals surface area contributed by atoms with E-state index in [0.717, 1.165) is 30.0 Å². The van der Waals surface area contributed by atoms with Crippen LogP contribution in [0.2, 0.25) is 0 Å². The van der Waals surface area contributed by atoms with Gasteiger partial charge < -0.3 is 15.0 Å². The van der Waals surface area contributed by atoms with E-state index in [0.29, 0.717) is 34.5 Å². The SMILES string of the molecule is C[C@H](C(=O)Nc1ccc(-c2cnn(CC(=O)O)c2)cc1)C1[C@H]2CC(n3cnc4cc(F)c(F)cc43)C[C@@H]12. The van der Waals surface area contributed by atoms with E-state index in [2.05, 4.69) is 15.4 Å². The molecule has 4 aromatic rings. The van der Waals surface area contributed by atoms with Gasteiger partial charge in [0.25, 0.3) is 0 Å². The predicted octanol–water partition coefficient (Wildman–Crippen LogP) is 4.73. The Kier molecular flexibility index (Phi) is 5.54. The van der Waals surface area contributed by atoms with Gasteiger partial charge in [0.1, 0.15) is 6.54 Å². The molecule has 0 saturated heterocycles. The molecule has 0 radical (unpaired) electrons. The molecule has 0 spiro atoms. The van der Waals surface area contributed by atoms with Gasteiger partial charge >= 0.3 is 5.97 Å². The number of hydrogen-bond acceptors (Lipinski definition) is 4. The molecule has 2 aliphatic rings. The first-order valence-electron chi connectivity index (χ1n) is 12.3. The van der Waals surface area contributed by atoms with Gasteiger partial charge in [0.05, 0.1) is 23.6 Å². The average Bonchev–Trinajstić information content (AvgIpc) is 3.27. The zero-order valence-corrected chi connectivity index (χ0v) is 20.0. The number of fused-ring (bicyclic) bond motifs is 2. The lowest BCUT2D eigenvalue weighted by Gasteiger charge is -2.20. The van der Waals surface area contributed by atoms with Crippen LogP contribution in [0.4, 0.5) is 14.5 Å². The van der Waals surface area contributed by atoms with Gasteiger partial charge in [-0.3, -0.25) is 14.3 Å². The van der Waals surface area contributed by atoms with E-state index >= 15 is 0 Å². The van der Waals surface area contributed by atoms with Gasteiger partial charge in [-0.15, -0.1) is 0 Å². The maximum atomic E-state index is 13.8. The highest BCUT2D eigenvalue weighted by atomic mass is 19.2. The molecule has 2 heterocycles. The van der Waals surface area contributed by atoms with Crippen LogP contribution in [0, 0.1) is 35.3 Å². The third-order valence-electron chi connectivity index (χ3n) is 7.90. The quantitative estimate of drug-likeness (QED) is 0.378. The molecule has 0 bridgehead atoms. The summed E-state index contributed by atoms with van der Waals surface area (Å²) in [6.45, 7) is 1.76. The number of carboxylic acid groups (broad SMARTS) is 1. The smallest absolute Gasteiger partial charge is 0.325 e. The minimum absolute atomic E-state index is 0.0244. The van der Waals surface area contributed by atoms with E-state index in [1.54, 1.807) is 18.7 Å². The molecule has 0 aliphatic heterocycles. The van der Waals surface area contributed by atoms with E-state index in [1.165, 1.54) is 10.7 Å². The molecule has 10 heteroatoms. The normalized spacial score (nSPS) is 23.1. The number of imidazole rings is 1. The molecule has 2 aromatic carbocycles. The largest absolute Gasteiger partial charge is 0.480 e. The van der Waals surface area contributed by atoms with Gasteiger partial charge in [-0.25, -0.2) is 13.8 Å². The number of rotatable bonds is 7. The van der Waals surface area contributed by atoms with Crippen molar-refractivity contribution in [1.82, 2.24) is 19.3 Å². The molecule has 5 atom stereocenters. The third-order valence-corrected chi connectivity index (χ3v) is 7.90. The minimum Gasteiger partial charge on any atom is -0.480 e. The number of aliphatic carboxylic acids is 1.